The van der Waals surface area contributed by atoms with E-state index in [0.717, 1.165) is 25.7 Å². The highest BCUT2D eigenvalue weighted by molar-refractivity contribution is 9.10. The SMILES string of the molecule is N#Cc1cc(S(=O)(=O)N2CC3CCC2(CN)CC3)ccc1Br. The van der Waals surface area contributed by atoms with E-state index in [1.165, 1.54) is 6.07 Å². The van der Waals surface area contributed by atoms with Gasteiger partial charge in [0.15, 0.2) is 0 Å². The molecular weight excluding hydrogens is 366 g/mol. The van der Waals surface area contributed by atoms with Crippen molar-refractivity contribution < 1.29 is 8.42 Å². The number of nitriles is 1. The second-order valence-electron chi connectivity index (χ2n) is 6.16. The van der Waals surface area contributed by atoms with Crippen LogP contribution in [0.4, 0.5) is 0 Å². The van der Waals surface area contributed by atoms with E-state index in [2.05, 4.69) is 15.9 Å². The van der Waals surface area contributed by atoms with Crippen molar-refractivity contribution in [2.24, 2.45) is 11.7 Å². The van der Waals surface area contributed by atoms with Crippen molar-refractivity contribution in [2.75, 3.05) is 13.1 Å². The second kappa shape index (κ2) is 5.60. The first-order chi connectivity index (χ1) is 10.4. The molecule has 0 aromatic heterocycles. The molecule has 2 N–H and O–H groups in total. The van der Waals surface area contributed by atoms with Crippen molar-refractivity contribution in [1.82, 2.24) is 4.31 Å². The largest absolute Gasteiger partial charge is 0.329 e. The number of nitrogens with zero attached hydrogens (tertiary/aromatic N) is 2. The summed E-state index contributed by atoms with van der Waals surface area (Å²) in [6, 6.07) is 6.61. The fourth-order valence-corrected chi connectivity index (χ4v) is 5.88. The van der Waals surface area contributed by atoms with E-state index >= 15 is 0 Å². The quantitative estimate of drug-likeness (QED) is 0.866. The van der Waals surface area contributed by atoms with Gasteiger partial charge < -0.3 is 5.73 Å². The Bertz CT molecular complexity index is 734. The van der Waals surface area contributed by atoms with E-state index in [9.17, 15) is 8.42 Å². The number of halogens is 1. The highest BCUT2D eigenvalue weighted by Gasteiger charge is 2.50. The van der Waals surface area contributed by atoms with Crippen LogP contribution in [0, 0.1) is 17.2 Å². The third-order valence-electron chi connectivity index (χ3n) is 5.02. The Kier molecular flexibility index (Phi) is 4.06. The van der Waals surface area contributed by atoms with Gasteiger partial charge in [0.05, 0.1) is 10.5 Å². The van der Waals surface area contributed by atoms with E-state index in [0.29, 0.717) is 29.0 Å². The van der Waals surface area contributed by atoms with Crippen LogP contribution >= 0.6 is 15.9 Å². The third-order valence-corrected chi connectivity index (χ3v) is 7.67. The molecule has 2 aliphatic heterocycles. The summed E-state index contributed by atoms with van der Waals surface area (Å²) < 4.78 is 28.3. The van der Waals surface area contributed by atoms with Gasteiger partial charge in [0.2, 0.25) is 10.0 Å². The van der Waals surface area contributed by atoms with Crippen LogP contribution in [0.2, 0.25) is 0 Å². The van der Waals surface area contributed by atoms with Gasteiger partial charge in [0.25, 0.3) is 0 Å². The Morgan fingerprint density at radius 2 is 2.09 bits per heavy atom. The van der Waals surface area contributed by atoms with Crippen LogP contribution in [0.3, 0.4) is 0 Å². The van der Waals surface area contributed by atoms with E-state index in [4.69, 9.17) is 11.0 Å². The molecule has 1 aromatic carbocycles. The average Bonchev–Trinajstić information content (AvgIpc) is 2.56. The molecule has 1 saturated carbocycles. The molecule has 5 nitrogen and oxygen atoms in total. The Morgan fingerprint density at radius 1 is 1.41 bits per heavy atom. The number of fused-ring (bicyclic) bond motifs is 3. The number of hydrogen-bond donors (Lipinski definition) is 1. The summed E-state index contributed by atoms with van der Waals surface area (Å²) in [7, 11) is -3.63. The van der Waals surface area contributed by atoms with Crippen LogP contribution in [0.5, 0.6) is 0 Å². The topological polar surface area (TPSA) is 87.2 Å². The minimum atomic E-state index is -3.63. The van der Waals surface area contributed by atoms with Gasteiger partial charge in [0, 0.05) is 23.1 Å². The molecule has 7 heteroatoms. The molecule has 0 atom stereocenters. The van der Waals surface area contributed by atoms with Crippen molar-refractivity contribution in [3.05, 3.63) is 28.2 Å². The number of nitrogens with two attached hydrogens (primary N) is 1. The normalized spacial score (nSPS) is 28.5. The average molecular weight is 384 g/mol. The van der Waals surface area contributed by atoms with Crippen molar-refractivity contribution in [3.8, 4) is 6.07 Å². The maximum Gasteiger partial charge on any atom is 0.243 e. The number of benzene rings is 1. The van der Waals surface area contributed by atoms with Gasteiger partial charge in [-0.2, -0.15) is 9.57 Å². The molecule has 1 aliphatic carbocycles. The summed E-state index contributed by atoms with van der Waals surface area (Å²) in [6.07, 6.45) is 3.75. The van der Waals surface area contributed by atoms with Crippen LogP contribution in [-0.2, 0) is 10.0 Å². The maximum atomic E-state index is 13.1. The number of sulfonamides is 1. The fourth-order valence-electron chi connectivity index (χ4n) is 3.61. The summed E-state index contributed by atoms with van der Waals surface area (Å²) in [5, 5.41) is 9.11. The van der Waals surface area contributed by atoms with E-state index in [1.54, 1.807) is 16.4 Å². The van der Waals surface area contributed by atoms with Gasteiger partial charge >= 0.3 is 0 Å². The van der Waals surface area contributed by atoms with Crippen molar-refractivity contribution >= 4 is 26.0 Å². The monoisotopic (exact) mass is 383 g/mol. The van der Waals surface area contributed by atoms with E-state index < -0.39 is 15.6 Å². The predicted molar refractivity (Wildman–Crippen MR) is 86.5 cm³/mol. The van der Waals surface area contributed by atoms with Gasteiger partial charge in [-0.15, -0.1) is 0 Å². The third kappa shape index (κ3) is 2.38. The Morgan fingerprint density at radius 3 is 2.68 bits per heavy atom. The Balaban J connectivity index is 2.05. The first kappa shape index (κ1) is 15.9. The van der Waals surface area contributed by atoms with Crippen LogP contribution < -0.4 is 5.73 Å². The van der Waals surface area contributed by atoms with Gasteiger partial charge in [0.1, 0.15) is 6.07 Å². The lowest BCUT2D eigenvalue weighted by Crippen LogP contribution is -2.63. The van der Waals surface area contributed by atoms with Crippen LogP contribution in [-0.4, -0.2) is 31.4 Å². The lowest BCUT2D eigenvalue weighted by molar-refractivity contribution is 0.0355. The van der Waals surface area contributed by atoms with Gasteiger partial charge in [-0.1, -0.05) is 0 Å². The molecule has 0 radical (unpaired) electrons. The highest BCUT2D eigenvalue weighted by Crippen LogP contribution is 2.45. The first-order valence-electron chi connectivity index (χ1n) is 7.35. The zero-order valence-corrected chi connectivity index (χ0v) is 14.5. The molecule has 2 bridgehead atoms. The Hall–Kier alpha value is -0.940. The van der Waals surface area contributed by atoms with E-state index in [-0.39, 0.29) is 4.90 Å². The summed E-state index contributed by atoms with van der Waals surface area (Å²) in [6.45, 7) is 0.887. The molecule has 2 heterocycles. The smallest absolute Gasteiger partial charge is 0.243 e. The van der Waals surface area contributed by atoms with Crippen LogP contribution in [0.15, 0.2) is 27.6 Å². The van der Waals surface area contributed by atoms with Crippen LogP contribution in [0.25, 0.3) is 0 Å². The van der Waals surface area contributed by atoms with Crippen LogP contribution in [0.1, 0.15) is 31.2 Å². The second-order valence-corrected chi connectivity index (χ2v) is 8.88. The van der Waals surface area contributed by atoms with E-state index in [1.807, 2.05) is 6.07 Å². The van der Waals surface area contributed by atoms with Gasteiger partial charge in [-0.05, 0) is 65.7 Å². The minimum Gasteiger partial charge on any atom is -0.329 e. The highest BCUT2D eigenvalue weighted by atomic mass is 79.9. The molecular formula is C15H18BrN3O2S. The summed E-state index contributed by atoms with van der Waals surface area (Å²) in [5.74, 6) is 0.425. The number of hydrogen-bond acceptors (Lipinski definition) is 4. The fraction of sp³-hybridized carbons (Fsp3) is 0.533. The first-order valence-corrected chi connectivity index (χ1v) is 9.59. The van der Waals surface area contributed by atoms with Gasteiger partial charge in [-0.25, -0.2) is 8.42 Å². The molecule has 1 aromatic rings. The predicted octanol–water partition coefficient (Wildman–Crippen LogP) is 2.21. The van der Waals surface area contributed by atoms with Gasteiger partial charge in [-0.3, -0.25) is 0 Å². The zero-order chi connectivity index (χ0) is 16.0. The van der Waals surface area contributed by atoms with Crippen molar-refractivity contribution in [2.45, 2.75) is 36.1 Å². The lowest BCUT2D eigenvalue weighted by atomic mass is 9.72. The lowest BCUT2D eigenvalue weighted by Gasteiger charge is -2.53. The molecule has 3 aliphatic rings. The molecule has 4 rings (SSSR count). The molecule has 3 fully saturated rings. The molecule has 0 spiro atoms. The number of piperidine rings is 2. The van der Waals surface area contributed by atoms with Crippen molar-refractivity contribution in [3.63, 3.8) is 0 Å². The molecule has 2 saturated heterocycles. The summed E-state index contributed by atoms with van der Waals surface area (Å²) in [5.41, 5.74) is 5.83. The summed E-state index contributed by atoms with van der Waals surface area (Å²) >= 11 is 3.26. The molecule has 0 amide bonds. The molecule has 118 valence electrons. The zero-order valence-electron chi connectivity index (χ0n) is 12.1. The maximum absolute atomic E-state index is 13.1. The molecule has 22 heavy (non-hydrogen) atoms. The summed E-state index contributed by atoms with van der Waals surface area (Å²) in [4.78, 5) is 0.174. The molecule has 0 unspecified atom stereocenters. The number of rotatable bonds is 3. The standard InChI is InChI=1S/C15H18BrN3O2S/c16-14-2-1-13(7-12(14)8-17)22(20,21)19-9-11-3-5-15(19,10-18)6-4-11/h1-2,7,11H,3-6,9-10,18H2. The minimum absolute atomic E-state index is 0.174. The van der Waals surface area contributed by atoms with Crippen molar-refractivity contribution in [1.29, 1.82) is 5.26 Å². The Labute approximate surface area is 139 Å².